The molecular formula is C19H29N3O3. The summed E-state index contributed by atoms with van der Waals surface area (Å²) in [6.07, 6.45) is 2.28. The lowest BCUT2D eigenvalue weighted by molar-refractivity contribution is -0.126. The molecule has 1 saturated carbocycles. The highest BCUT2D eigenvalue weighted by atomic mass is 16.5. The van der Waals surface area contributed by atoms with Crippen molar-refractivity contribution < 1.29 is 14.3 Å². The maximum absolute atomic E-state index is 12.2. The predicted octanol–water partition coefficient (Wildman–Crippen LogP) is 1.36. The van der Waals surface area contributed by atoms with Gasteiger partial charge in [-0.2, -0.15) is 0 Å². The molecule has 6 nitrogen and oxygen atoms in total. The van der Waals surface area contributed by atoms with E-state index >= 15 is 0 Å². The lowest BCUT2D eigenvalue weighted by Gasteiger charge is -2.37. The molecule has 0 unspecified atom stereocenters. The van der Waals surface area contributed by atoms with Crippen molar-refractivity contribution in [2.24, 2.45) is 0 Å². The number of nitrogens with zero attached hydrogens (tertiary/aromatic N) is 2. The number of ether oxygens (including phenoxy) is 2. The van der Waals surface area contributed by atoms with Crippen LogP contribution < -0.4 is 14.8 Å². The van der Waals surface area contributed by atoms with E-state index in [4.69, 9.17) is 9.47 Å². The molecule has 1 aliphatic carbocycles. The van der Waals surface area contributed by atoms with Crippen molar-refractivity contribution in [3.05, 3.63) is 24.3 Å². The first-order chi connectivity index (χ1) is 12.2. The Morgan fingerprint density at radius 1 is 1.16 bits per heavy atom. The van der Waals surface area contributed by atoms with E-state index in [-0.39, 0.29) is 11.9 Å². The van der Waals surface area contributed by atoms with Crippen LogP contribution in [0.3, 0.4) is 0 Å². The van der Waals surface area contributed by atoms with Gasteiger partial charge < -0.3 is 14.8 Å². The van der Waals surface area contributed by atoms with Crippen LogP contribution in [0.5, 0.6) is 11.5 Å². The fourth-order valence-electron chi connectivity index (χ4n) is 3.05. The van der Waals surface area contributed by atoms with Gasteiger partial charge in [-0.1, -0.05) is 0 Å². The number of benzene rings is 1. The van der Waals surface area contributed by atoms with Gasteiger partial charge in [-0.05, 0) is 44.0 Å². The summed E-state index contributed by atoms with van der Waals surface area (Å²) in [7, 11) is 1.66. The van der Waals surface area contributed by atoms with E-state index in [2.05, 4.69) is 15.1 Å². The molecule has 2 fully saturated rings. The first-order valence-electron chi connectivity index (χ1n) is 9.19. The summed E-state index contributed by atoms with van der Waals surface area (Å²) < 4.78 is 10.9. The second-order valence-corrected chi connectivity index (χ2v) is 6.86. The number of hydrogen-bond acceptors (Lipinski definition) is 5. The molecule has 1 aliphatic heterocycles. The summed E-state index contributed by atoms with van der Waals surface area (Å²) in [4.78, 5) is 16.8. The summed E-state index contributed by atoms with van der Waals surface area (Å²) in [5.41, 5.74) is 0. The average molecular weight is 347 g/mol. The Morgan fingerprint density at radius 2 is 1.80 bits per heavy atom. The van der Waals surface area contributed by atoms with Crippen LogP contribution in [0.15, 0.2) is 24.3 Å². The van der Waals surface area contributed by atoms with Crippen molar-refractivity contribution in [2.45, 2.75) is 31.8 Å². The Balaban J connectivity index is 1.33. The smallest absolute Gasteiger partial charge is 0.237 e. The van der Waals surface area contributed by atoms with Gasteiger partial charge >= 0.3 is 0 Å². The van der Waals surface area contributed by atoms with Gasteiger partial charge in [0.25, 0.3) is 0 Å². The first kappa shape index (κ1) is 18.0. The molecule has 1 saturated heterocycles. The van der Waals surface area contributed by atoms with E-state index in [0.29, 0.717) is 12.6 Å². The van der Waals surface area contributed by atoms with Gasteiger partial charge in [0.1, 0.15) is 18.1 Å². The van der Waals surface area contributed by atoms with Crippen molar-refractivity contribution >= 4 is 5.91 Å². The second-order valence-electron chi connectivity index (χ2n) is 6.86. The van der Waals surface area contributed by atoms with Crippen LogP contribution in [0, 0.1) is 0 Å². The van der Waals surface area contributed by atoms with Gasteiger partial charge in [-0.15, -0.1) is 0 Å². The van der Waals surface area contributed by atoms with Gasteiger partial charge in [0.2, 0.25) is 5.91 Å². The van der Waals surface area contributed by atoms with Crippen molar-refractivity contribution in [2.75, 3.05) is 46.4 Å². The van der Waals surface area contributed by atoms with Crippen molar-refractivity contribution in [1.29, 1.82) is 0 Å². The Kier molecular flexibility index (Phi) is 6.15. The number of methoxy groups -OCH3 is 1. The molecule has 1 atom stereocenters. The van der Waals surface area contributed by atoms with E-state index in [1.165, 1.54) is 0 Å². The fourth-order valence-corrected chi connectivity index (χ4v) is 3.05. The zero-order valence-corrected chi connectivity index (χ0v) is 15.2. The second kappa shape index (κ2) is 8.54. The third-order valence-corrected chi connectivity index (χ3v) is 4.99. The quantitative estimate of drug-likeness (QED) is 0.770. The molecular weight excluding hydrogens is 318 g/mol. The summed E-state index contributed by atoms with van der Waals surface area (Å²) in [6.45, 7) is 7.41. The Bertz CT molecular complexity index is 552. The summed E-state index contributed by atoms with van der Waals surface area (Å²) >= 11 is 0. The highest BCUT2D eigenvalue weighted by Crippen LogP contribution is 2.19. The molecule has 1 aromatic carbocycles. The molecule has 0 bridgehead atoms. The molecule has 138 valence electrons. The fraction of sp³-hybridized carbons (Fsp3) is 0.632. The molecule has 6 heteroatoms. The molecule has 0 spiro atoms. The highest BCUT2D eigenvalue weighted by molar-refractivity contribution is 5.81. The minimum atomic E-state index is -0.0294. The number of nitrogens with one attached hydrogen (secondary N) is 1. The third kappa shape index (κ3) is 5.34. The Morgan fingerprint density at radius 3 is 2.40 bits per heavy atom. The van der Waals surface area contributed by atoms with Gasteiger partial charge in [-0.3, -0.25) is 14.6 Å². The third-order valence-electron chi connectivity index (χ3n) is 4.99. The van der Waals surface area contributed by atoms with E-state index in [0.717, 1.165) is 57.1 Å². The van der Waals surface area contributed by atoms with Crippen LogP contribution in [-0.2, 0) is 4.79 Å². The van der Waals surface area contributed by atoms with E-state index in [1.807, 2.05) is 31.2 Å². The normalized spacial score (nSPS) is 20.1. The summed E-state index contributed by atoms with van der Waals surface area (Å²) in [5.74, 6) is 1.88. The van der Waals surface area contributed by atoms with Crippen molar-refractivity contribution in [3.63, 3.8) is 0 Å². The highest BCUT2D eigenvalue weighted by Gasteiger charge is 2.29. The topological polar surface area (TPSA) is 54.0 Å². The molecule has 3 rings (SSSR count). The van der Waals surface area contributed by atoms with Crippen molar-refractivity contribution in [1.82, 2.24) is 15.1 Å². The van der Waals surface area contributed by atoms with Crippen LogP contribution >= 0.6 is 0 Å². The van der Waals surface area contributed by atoms with Crippen LogP contribution in [0.2, 0.25) is 0 Å². The molecule has 1 aromatic rings. The van der Waals surface area contributed by atoms with Crippen molar-refractivity contribution in [3.8, 4) is 11.5 Å². The molecule has 1 amide bonds. The SMILES string of the molecule is COc1ccc(OCCN2CCN([C@H](C)C(=O)NC3CC3)CC2)cc1. The molecule has 1 heterocycles. The number of rotatable bonds is 8. The number of amides is 1. The van der Waals surface area contributed by atoms with E-state index < -0.39 is 0 Å². The van der Waals surface area contributed by atoms with E-state index in [1.54, 1.807) is 7.11 Å². The number of carbonyl (C=O) groups is 1. The average Bonchev–Trinajstić information content (AvgIpc) is 3.46. The number of carbonyl (C=O) groups excluding carboxylic acids is 1. The zero-order chi connectivity index (χ0) is 17.6. The largest absolute Gasteiger partial charge is 0.497 e. The van der Waals surface area contributed by atoms with Gasteiger partial charge in [0, 0.05) is 38.8 Å². The van der Waals surface area contributed by atoms with Gasteiger partial charge in [0.15, 0.2) is 0 Å². The molecule has 0 aromatic heterocycles. The monoisotopic (exact) mass is 347 g/mol. The Labute approximate surface area is 150 Å². The zero-order valence-electron chi connectivity index (χ0n) is 15.2. The van der Waals surface area contributed by atoms with Crippen LogP contribution in [0.25, 0.3) is 0 Å². The maximum atomic E-state index is 12.2. The molecule has 1 N–H and O–H groups in total. The minimum absolute atomic E-state index is 0.0294. The van der Waals surface area contributed by atoms with Crippen LogP contribution in [0.4, 0.5) is 0 Å². The standard InChI is InChI=1S/C19H29N3O3/c1-15(19(23)20-16-3-4-16)22-11-9-21(10-12-22)13-14-25-18-7-5-17(24-2)6-8-18/h5-8,15-16H,3-4,9-14H2,1-2H3,(H,20,23)/t15-/m1/s1. The number of piperazine rings is 1. The minimum Gasteiger partial charge on any atom is -0.497 e. The maximum Gasteiger partial charge on any atom is 0.237 e. The first-order valence-corrected chi connectivity index (χ1v) is 9.19. The summed E-state index contributed by atoms with van der Waals surface area (Å²) in [5, 5.41) is 3.10. The molecule has 25 heavy (non-hydrogen) atoms. The lowest BCUT2D eigenvalue weighted by Crippen LogP contribution is -2.54. The van der Waals surface area contributed by atoms with Gasteiger partial charge in [0.05, 0.1) is 13.2 Å². The number of hydrogen-bond donors (Lipinski definition) is 1. The van der Waals surface area contributed by atoms with Crippen LogP contribution in [-0.4, -0.2) is 74.2 Å². The van der Waals surface area contributed by atoms with Crippen LogP contribution in [0.1, 0.15) is 19.8 Å². The van der Waals surface area contributed by atoms with E-state index in [9.17, 15) is 4.79 Å². The summed E-state index contributed by atoms with van der Waals surface area (Å²) in [6, 6.07) is 8.07. The predicted molar refractivity (Wildman–Crippen MR) is 97.1 cm³/mol. The lowest BCUT2D eigenvalue weighted by atomic mass is 10.2. The van der Waals surface area contributed by atoms with Gasteiger partial charge in [-0.25, -0.2) is 0 Å². The molecule has 0 radical (unpaired) electrons. The Hall–Kier alpha value is -1.79. The molecule has 2 aliphatic rings.